The van der Waals surface area contributed by atoms with Gasteiger partial charge in [-0.05, 0) is 36.8 Å². The van der Waals surface area contributed by atoms with Crippen LogP contribution in [0.2, 0.25) is 0 Å². The van der Waals surface area contributed by atoms with Crippen molar-refractivity contribution >= 4 is 33.4 Å². The number of ether oxygens (including phenoxy) is 2. The molecule has 0 saturated carbocycles. The van der Waals surface area contributed by atoms with Crippen LogP contribution < -0.4 is 20.1 Å². The quantitative estimate of drug-likeness (QED) is 0.772. The molecule has 0 fully saturated rings. The number of amides is 2. The number of halogens is 1. The van der Waals surface area contributed by atoms with Crippen LogP contribution in [-0.4, -0.2) is 32.6 Å². The van der Waals surface area contributed by atoms with E-state index in [4.69, 9.17) is 9.47 Å². The van der Waals surface area contributed by atoms with Crippen LogP contribution in [0.4, 0.5) is 5.69 Å². The molecule has 2 N–H and O–H groups in total. The Morgan fingerprint density at radius 1 is 1.08 bits per heavy atom. The normalized spacial score (nSPS) is 10.1. The molecule has 2 aromatic carbocycles. The number of methoxy groups -OCH3 is 2. The van der Waals surface area contributed by atoms with Crippen LogP contribution in [0.1, 0.15) is 15.9 Å². The molecule has 0 unspecified atom stereocenters. The van der Waals surface area contributed by atoms with Gasteiger partial charge in [-0.3, -0.25) is 9.59 Å². The second kappa shape index (κ2) is 8.53. The van der Waals surface area contributed by atoms with E-state index in [0.717, 1.165) is 10.0 Å². The van der Waals surface area contributed by atoms with Gasteiger partial charge in [-0.15, -0.1) is 0 Å². The van der Waals surface area contributed by atoms with Crippen molar-refractivity contribution in [3.63, 3.8) is 0 Å². The third-order valence-corrected chi connectivity index (χ3v) is 3.99. The topological polar surface area (TPSA) is 76.7 Å². The van der Waals surface area contributed by atoms with Crippen molar-refractivity contribution in [2.45, 2.75) is 6.92 Å². The first-order valence-corrected chi connectivity index (χ1v) is 8.30. The van der Waals surface area contributed by atoms with E-state index >= 15 is 0 Å². The van der Waals surface area contributed by atoms with Gasteiger partial charge in [-0.1, -0.05) is 22.0 Å². The predicted octanol–water partition coefficient (Wildman–Crippen LogP) is 3.14. The molecule has 0 aliphatic carbocycles. The molecule has 0 aliphatic heterocycles. The SMILES string of the molecule is COc1cc(C)c(NC(=O)CNC(=O)c2cccc(Br)c2)cc1OC. The fourth-order valence-electron chi connectivity index (χ4n) is 2.20. The average Bonchev–Trinajstić information content (AvgIpc) is 2.60. The monoisotopic (exact) mass is 406 g/mol. The van der Waals surface area contributed by atoms with Gasteiger partial charge in [0.2, 0.25) is 5.91 Å². The van der Waals surface area contributed by atoms with E-state index in [0.29, 0.717) is 22.7 Å². The number of aryl methyl sites for hydroxylation is 1. The predicted molar refractivity (Wildman–Crippen MR) is 99.4 cm³/mol. The van der Waals surface area contributed by atoms with E-state index < -0.39 is 0 Å². The largest absolute Gasteiger partial charge is 0.493 e. The van der Waals surface area contributed by atoms with E-state index in [-0.39, 0.29) is 18.4 Å². The van der Waals surface area contributed by atoms with Crippen molar-refractivity contribution in [1.82, 2.24) is 5.32 Å². The molecule has 0 spiro atoms. The molecule has 132 valence electrons. The molecular weight excluding hydrogens is 388 g/mol. The van der Waals surface area contributed by atoms with Crippen molar-refractivity contribution in [2.24, 2.45) is 0 Å². The lowest BCUT2D eigenvalue weighted by Gasteiger charge is -2.14. The van der Waals surface area contributed by atoms with Gasteiger partial charge < -0.3 is 20.1 Å². The van der Waals surface area contributed by atoms with Crippen molar-refractivity contribution in [2.75, 3.05) is 26.1 Å². The molecule has 2 rings (SSSR count). The summed E-state index contributed by atoms with van der Waals surface area (Å²) in [5.74, 6) is 0.446. The summed E-state index contributed by atoms with van der Waals surface area (Å²) in [4.78, 5) is 24.2. The van der Waals surface area contributed by atoms with E-state index in [1.165, 1.54) is 7.11 Å². The Bertz CT molecular complexity index is 793. The van der Waals surface area contributed by atoms with Gasteiger partial charge in [0.1, 0.15) is 0 Å². The molecule has 25 heavy (non-hydrogen) atoms. The van der Waals surface area contributed by atoms with Gasteiger partial charge in [0, 0.05) is 21.8 Å². The van der Waals surface area contributed by atoms with Crippen LogP contribution in [-0.2, 0) is 4.79 Å². The zero-order valence-electron chi connectivity index (χ0n) is 14.2. The minimum absolute atomic E-state index is 0.140. The number of hydrogen-bond acceptors (Lipinski definition) is 4. The number of benzene rings is 2. The fraction of sp³-hybridized carbons (Fsp3) is 0.222. The van der Waals surface area contributed by atoms with Crippen LogP contribution in [0.5, 0.6) is 11.5 Å². The molecule has 0 saturated heterocycles. The molecule has 2 aromatic rings. The van der Waals surface area contributed by atoms with Crippen LogP contribution >= 0.6 is 15.9 Å². The minimum atomic E-state index is -0.335. The maximum Gasteiger partial charge on any atom is 0.251 e. The number of nitrogens with one attached hydrogen (secondary N) is 2. The average molecular weight is 407 g/mol. The Labute approximate surface area is 154 Å². The number of carbonyl (C=O) groups is 2. The molecule has 2 amide bonds. The van der Waals surface area contributed by atoms with Crippen LogP contribution in [0, 0.1) is 6.92 Å². The lowest BCUT2D eigenvalue weighted by atomic mass is 10.1. The zero-order valence-corrected chi connectivity index (χ0v) is 15.8. The minimum Gasteiger partial charge on any atom is -0.493 e. The molecule has 0 atom stereocenters. The number of rotatable bonds is 6. The highest BCUT2D eigenvalue weighted by Crippen LogP contribution is 2.32. The first kappa shape index (κ1) is 18.8. The first-order chi connectivity index (χ1) is 11.9. The Hall–Kier alpha value is -2.54. The second-order valence-corrected chi connectivity index (χ2v) is 6.18. The maximum atomic E-state index is 12.1. The van der Waals surface area contributed by atoms with E-state index in [1.807, 2.05) is 13.0 Å². The highest BCUT2D eigenvalue weighted by atomic mass is 79.9. The molecule has 0 aromatic heterocycles. The van der Waals surface area contributed by atoms with Crippen molar-refractivity contribution in [1.29, 1.82) is 0 Å². The van der Waals surface area contributed by atoms with Crippen molar-refractivity contribution < 1.29 is 19.1 Å². The second-order valence-electron chi connectivity index (χ2n) is 5.26. The summed E-state index contributed by atoms with van der Waals surface area (Å²) in [6, 6.07) is 10.4. The maximum absolute atomic E-state index is 12.1. The number of hydrogen-bond donors (Lipinski definition) is 2. The summed E-state index contributed by atoms with van der Waals surface area (Å²) in [6.07, 6.45) is 0. The zero-order chi connectivity index (χ0) is 18.4. The Morgan fingerprint density at radius 2 is 1.76 bits per heavy atom. The summed E-state index contributed by atoms with van der Waals surface area (Å²) in [5, 5.41) is 5.35. The highest BCUT2D eigenvalue weighted by Gasteiger charge is 2.12. The molecular formula is C18H19BrN2O4. The van der Waals surface area contributed by atoms with Gasteiger partial charge in [-0.25, -0.2) is 0 Å². The fourth-order valence-corrected chi connectivity index (χ4v) is 2.60. The van der Waals surface area contributed by atoms with E-state index in [1.54, 1.807) is 37.4 Å². The Balaban J connectivity index is 1.99. The smallest absolute Gasteiger partial charge is 0.251 e. The van der Waals surface area contributed by atoms with Gasteiger partial charge in [-0.2, -0.15) is 0 Å². The van der Waals surface area contributed by atoms with Crippen molar-refractivity contribution in [3.8, 4) is 11.5 Å². The molecule has 6 nitrogen and oxygen atoms in total. The molecule has 0 bridgehead atoms. The summed E-state index contributed by atoms with van der Waals surface area (Å²) < 4.78 is 11.2. The number of carbonyl (C=O) groups excluding carboxylic acids is 2. The highest BCUT2D eigenvalue weighted by molar-refractivity contribution is 9.10. The summed E-state index contributed by atoms with van der Waals surface area (Å²) >= 11 is 3.31. The molecule has 0 aliphatic rings. The lowest BCUT2D eigenvalue weighted by molar-refractivity contribution is -0.115. The van der Waals surface area contributed by atoms with E-state index in [9.17, 15) is 9.59 Å². The van der Waals surface area contributed by atoms with Crippen LogP contribution in [0.25, 0.3) is 0 Å². The molecule has 7 heteroatoms. The summed E-state index contributed by atoms with van der Waals surface area (Å²) in [6.45, 7) is 1.71. The standard InChI is InChI=1S/C18H19BrN2O4/c1-11-7-15(24-2)16(25-3)9-14(11)21-17(22)10-20-18(23)12-5-4-6-13(19)8-12/h4-9H,10H2,1-3H3,(H,20,23)(H,21,22). The molecule has 0 heterocycles. The van der Waals surface area contributed by atoms with Crippen molar-refractivity contribution in [3.05, 3.63) is 52.0 Å². The van der Waals surface area contributed by atoms with Gasteiger partial charge in [0.15, 0.2) is 11.5 Å². The van der Waals surface area contributed by atoms with Gasteiger partial charge >= 0.3 is 0 Å². The van der Waals surface area contributed by atoms with Crippen LogP contribution in [0.15, 0.2) is 40.9 Å². The van der Waals surface area contributed by atoms with Crippen LogP contribution in [0.3, 0.4) is 0 Å². The Kier molecular flexibility index (Phi) is 6.41. The summed E-state index contributed by atoms with van der Waals surface area (Å²) in [7, 11) is 3.07. The first-order valence-electron chi connectivity index (χ1n) is 7.51. The third-order valence-electron chi connectivity index (χ3n) is 3.50. The molecule has 0 radical (unpaired) electrons. The number of anilines is 1. The lowest BCUT2D eigenvalue weighted by Crippen LogP contribution is -2.33. The van der Waals surface area contributed by atoms with Gasteiger partial charge in [0.25, 0.3) is 5.91 Å². The van der Waals surface area contributed by atoms with Gasteiger partial charge in [0.05, 0.1) is 20.8 Å². The Morgan fingerprint density at radius 3 is 2.40 bits per heavy atom. The van der Waals surface area contributed by atoms with E-state index in [2.05, 4.69) is 26.6 Å². The summed E-state index contributed by atoms with van der Waals surface area (Å²) in [5.41, 5.74) is 1.90. The third kappa shape index (κ3) is 4.96.